The molecule has 0 radical (unpaired) electrons. The van der Waals surface area contributed by atoms with Crippen molar-refractivity contribution in [2.45, 2.75) is 95.9 Å². The van der Waals surface area contributed by atoms with Gasteiger partial charge < -0.3 is 29.8 Å². The van der Waals surface area contributed by atoms with E-state index in [1.165, 1.54) is 6.07 Å². The van der Waals surface area contributed by atoms with Crippen LogP contribution in [0.5, 0.6) is 0 Å². The van der Waals surface area contributed by atoms with E-state index in [4.69, 9.17) is 9.15 Å². The van der Waals surface area contributed by atoms with Crippen LogP contribution in [0.4, 0.5) is 14.9 Å². The molecule has 3 N–H and O–H groups in total. The minimum absolute atomic E-state index is 0.0543. The van der Waals surface area contributed by atoms with E-state index in [0.717, 1.165) is 32.4 Å². The second kappa shape index (κ2) is 13.8. The Morgan fingerprint density at radius 1 is 1.02 bits per heavy atom. The van der Waals surface area contributed by atoms with Gasteiger partial charge in [0.25, 0.3) is 0 Å². The first-order valence-electron chi connectivity index (χ1n) is 16.1. The highest BCUT2D eigenvalue weighted by molar-refractivity contribution is 6.00. The molecule has 12 heteroatoms. The topological polar surface area (TPSA) is 141 Å². The fourth-order valence-corrected chi connectivity index (χ4v) is 7.16. The summed E-state index contributed by atoms with van der Waals surface area (Å²) in [5, 5.41) is 15.5. The zero-order valence-corrected chi connectivity index (χ0v) is 26.4. The van der Waals surface area contributed by atoms with Gasteiger partial charge in [0, 0.05) is 29.6 Å². The van der Waals surface area contributed by atoms with Gasteiger partial charge in [0.05, 0.1) is 6.04 Å². The minimum atomic E-state index is -1.17. The first-order valence-corrected chi connectivity index (χ1v) is 16.1. The number of likely N-dealkylation sites (tertiary alicyclic amines) is 2. The van der Waals surface area contributed by atoms with Gasteiger partial charge in [-0.2, -0.15) is 0 Å². The van der Waals surface area contributed by atoms with Crippen LogP contribution in [0.3, 0.4) is 0 Å². The average Bonchev–Trinajstić information content (AvgIpc) is 3.64. The molecule has 2 aromatic rings. The Morgan fingerprint density at radius 2 is 1.73 bits per heavy atom. The molecule has 0 unspecified atom stereocenters. The van der Waals surface area contributed by atoms with Crippen molar-refractivity contribution in [3.63, 3.8) is 0 Å². The van der Waals surface area contributed by atoms with Crippen molar-refractivity contribution in [1.29, 1.82) is 0 Å². The molecule has 1 aromatic heterocycles. The number of alkyl carbamates (subject to hydrolysis) is 1. The van der Waals surface area contributed by atoms with Crippen molar-refractivity contribution < 1.29 is 37.8 Å². The number of fused-ring (bicyclic) bond motifs is 1. The Balaban J connectivity index is 1.27. The molecule has 0 spiro atoms. The Labute approximate surface area is 262 Å². The standard InChI is InChI=1S/C33H45FN4O7/c1-33(2,3)45-32(43)36-24(19-34)20-7-9-21(10-8-20)30(40)38-16-13-25(37-14-5-4-6-15-37)28(38)29(39)35-23-11-12-26-22(17-23)18-27(44-26)31(41)42/h11-12,17-18,20-21,24-25,28H,4-10,13-16,19H2,1-3H3,(H,35,39)(H,36,43)(H,41,42)/t20?,21?,24-,25-,28+/m1/s1. The number of amides is 3. The van der Waals surface area contributed by atoms with Crippen molar-refractivity contribution in [1.82, 2.24) is 15.1 Å². The van der Waals surface area contributed by atoms with Crippen molar-refractivity contribution in [2.24, 2.45) is 11.8 Å². The van der Waals surface area contributed by atoms with Gasteiger partial charge in [0.15, 0.2) is 0 Å². The van der Waals surface area contributed by atoms with Crippen molar-refractivity contribution in [3.05, 3.63) is 30.0 Å². The average molecular weight is 629 g/mol. The second-order valence-corrected chi connectivity index (χ2v) is 13.6. The summed E-state index contributed by atoms with van der Waals surface area (Å²) in [5.74, 6) is -2.07. The number of nitrogens with one attached hydrogen (secondary N) is 2. The van der Waals surface area contributed by atoms with Crippen molar-refractivity contribution in [3.8, 4) is 0 Å². The normalized spacial score (nSPS) is 25.1. The highest BCUT2D eigenvalue weighted by Gasteiger charge is 2.46. The number of ether oxygens (including phenoxy) is 1. The number of anilines is 1. The van der Waals surface area contributed by atoms with Crippen LogP contribution in [0.1, 0.15) is 82.7 Å². The Bertz CT molecular complexity index is 1390. The van der Waals surface area contributed by atoms with E-state index in [1.54, 1.807) is 43.9 Å². The number of carboxylic acid groups (broad SMARTS) is 1. The third-order valence-electron chi connectivity index (χ3n) is 9.33. The zero-order chi connectivity index (χ0) is 32.3. The first kappa shape index (κ1) is 32.7. The third-order valence-corrected chi connectivity index (χ3v) is 9.33. The number of aromatic carboxylic acids is 1. The lowest BCUT2D eigenvalue weighted by Gasteiger charge is -2.38. The van der Waals surface area contributed by atoms with E-state index >= 15 is 0 Å². The summed E-state index contributed by atoms with van der Waals surface area (Å²) in [6, 6.07) is 4.93. The van der Waals surface area contributed by atoms with Gasteiger partial charge >= 0.3 is 12.1 Å². The van der Waals surface area contributed by atoms with Crippen molar-refractivity contribution in [2.75, 3.05) is 31.6 Å². The number of benzene rings is 1. The summed E-state index contributed by atoms with van der Waals surface area (Å²) in [6.45, 7) is 6.80. The monoisotopic (exact) mass is 628 g/mol. The SMILES string of the molecule is CC(C)(C)OC(=O)N[C@H](CF)C1CCC(C(=O)N2CC[C@@H](N3CCCCC3)[C@H]2C(=O)Nc2ccc3oc(C(=O)O)cc3c2)CC1. The molecule has 3 amide bonds. The number of furan rings is 1. The summed E-state index contributed by atoms with van der Waals surface area (Å²) in [7, 11) is 0. The maximum atomic E-state index is 14.0. The summed E-state index contributed by atoms with van der Waals surface area (Å²) >= 11 is 0. The molecule has 3 fully saturated rings. The van der Waals surface area contributed by atoms with Gasteiger partial charge in [0.2, 0.25) is 17.6 Å². The number of hydrogen-bond donors (Lipinski definition) is 3. The molecule has 0 bridgehead atoms. The van der Waals surface area contributed by atoms with Crippen molar-refractivity contribution >= 4 is 40.5 Å². The van der Waals surface area contributed by atoms with Crippen LogP contribution in [0.15, 0.2) is 28.7 Å². The second-order valence-electron chi connectivity index (χ2n) is 13.6. The molecule has 45 heavy (non-hydrogen) atoms. The van der Waals surface area contributed by atoms with Crippen LogP contribution in [0.25, 0.3) is 11.0 Å². The molecular weight excluding hydrogens is 583 g/mol. The predicted octanol–water partition coefficient (Wildman–Crippen LogP) is 5.19. The van der Waals surface area contributed by atoms with Gasteiger partial charge in [-0.3, -0.25) is 14.5 Å². The zero-order valence-electron chi connectivity index (χ0n) is 26.4. The highest BCUT2D eigenvalue weighted by Crippen LogP contribution is 2.36. The highest BCUT2D eigenvalue weighted by atomic mass is 19.1. The number of rotatable bonds is 8. The van der Waals surface area contributed by atoms with Crippen LogP contribution in [0, 0.1) is 11.8 Å². The Kier molecular flexibility index (Phi) is 10.0. The van der Waals surface area contributed by atoms with E-state index < -0.39 is 36.4 Å². The maximum absolute atomic E-state index is 14.0. The smallest absolute Gasteiger partial charge is 0.407 e. The molecule has 3 atom stereocenters. The molecule has 2 aliphatic heterocycles. The van der Waals surface area contributed by atoms with Crippen LogP contribution in [0.2, 0.25) is 0 Å². The van der Waals surface area contributed by atoms with E-state index in [-0.39, 0.29) is 35.5 Å². The molecular formula is C33H45FN4O7. The van der Waals surface area contributed by atoms with E-state index in [1.807, 2.05) is 0 Å². The van der Waals surface area contributed by atoms with Crippen LogP contribution in [-0.4, -0.2) is 88.8 Å². The number of alkyl halides is 1. The number of hydrogen-bond acceptors (Lipinski definition) is 7. The number of carbonyl (C=O) groups excluding carboxylic acids is 3. The lowest BCUT2D eigenvalue weighted by molar-refractivity contribution is -0.142. The molecule has 1 aliphatic carbocycles. The van der Waals surface area contributed by atoms with E-state index in [2.05, 4.69) is 15.5 Å². The predicted molar refractivity (Wildman–Crippen MR) is 166 cm³/mol. The fraction of sp³-hybridized carbons (Fsp3) is 0.636. The van der Waals surface area contributed by atoms with Gasteiger partial charge in [-0.25, -0.2) is 14.0 Å². The van der Waals surface area contributed by atoms with Gasteiger partial charge in [-0.1, -0.05) is 6.42 Å². The summed E-state index contributed by atoms with van der Waals surface area (Å²) in [4.78, 5) is 55.7. The van der Waals surface area contributed by atoms with Gasteiger partial charge in [-0.15, -0.1) is 0 Å². The van der Waals surface area contributed by atoms with Crippen LogP contribution < -0.4 is 10.6 Å². The molecule has 1 aromatic carbocycles. The molecule has 246 valence electrons. The molecule has 11 nitrogen and oxygen atoms in total. The molecule has 1 saturated carbocycles. The molecule has 3 aliphatic rings. The van der Waals surface area contributed by atoms with Gasteiger partial charge in [-0.05, 0) is 109 Å². The third kappa shape index (κ3) is 7.77. The maximum Gasteiger partial charge on any atom is 0.407 e. The number of piperidine rings is 1. The van der Waals surface area contributed by atoms with Crippen LogP contribution in [-0.2, 0) is 14.3 Å². The summed E-state index contributed by atoms with van der Waals surface area (Å²) in [5.41, 5.74) is 0.216. The Morgan fingerprint density at radius 3 is 2.38 bits per heavy atom. The summed E-state index contributed by atoms with van der Waals surface area (Å²) in [6.07, 6.45) is 5.60. The minimum Gasteiger partial charge on any atom is -0.475 e. The number of carbonyl (C=O) groups is 4. The lowest BCUT2D eigenvalue weighted by Crippen LogP contribution is -2.55. The largest absolute Gasteiger partial charge is 0.475 e. The molecule has 2 saturated heterocycles. The molecule has 5 rings (SSSR count). The molecule has 3 heterocycles. The van der Waals surface area contributed by atoms with Gasteiger partial charge in [0.1, 0.15) is 23.9 Å². The van der Waals surface area contributed by atoms with E-state index in [9.17, 15) is 28.7 Å². The quantitative estimate of drug-likeness (QED) is 0.363. The van der Waals surface area contributed by atoms with Crippen LogP contribution >= 0.6 is 0 Å². The number of nitrogens with zero attached hydrogens (tertiary/aromatic N) is 2. The summed E-state index contributed by atoms with van der Waals surface area (Å²) < 4.78 is 24.6. The first-order chi connectivity index (χ1) is 21.4. The number of halogens is 1. The Hall–Kier alpha value is -3.67. The lowest BCUT2D eigenvalue weighted by atomic mass is 9.78. The number of carboxylic acids is 1. The van der Waals surface area contributed by atoms with E-state index in [0.29, 0.717) is 55.3 Å². The fourth-order valence-electron chi connectivity index (χ4n) is 7.16.